The number of hydrogen-bond acceptors (Lipinski definition) is 7. The van der Waals surface area contributed by atoms with E-state index in [1.165, 1.54) is 21.1 Å². The first-order valence-electron chi connectivity index (χ1n) is 8.51. The fraction of sp³-hybridized carbons (Fsp3) is 0.706. The maximum Gasteiger partial charge on any atom is 0.328 e. The Morgan fingerprint density at radius 1 is 1.33 bits per heavy atom. The van der Waals surface area contributed by atoms with E-state index < -0.39 is 37.1 Å². The van der Waals surface area contributed by atoms with Gasteiger partial charge in [-0.3, -0.25) is 19.4 Å². The van der Waals surface area contributed by atoms with Crippen LogP contribution in [0.1, 0.15) is 26.7 Å². The van der Waals surface area contributed by atoms with Crippen LogP contribution in [0.4, 0.5) is 9.18 Å². The first-order valence-corrected chi connectivity index (χ1v) is 8.51. The minimum atomic E-state index is -1.42. The summed E-state index contributed by atoms with van der Waals surface area (Å²) in [6.45, 7) is 1.76. The van der Waals surface area contributed by atoms with E-state index in [9.17, 15) is 23.9 Å². The smallest absolute Gasteiger partial charge is 0.328 e. The number of rotatable bonds is 13. The molecule has 10 heteroatoms. The lowest BCUT2D eigenvalue weighted by Crippen LogP contribution is -2.49. The summed E-state index contributed by atoms with van der Waals surface area (Å²) in [6.07, 6.45) is -0.0370. The molecule has 0 aliphatic rings. The Morgan fingerprint density at radius 2 is 2.00 bits per heavy atom. The van der Waals surface area contributed by atoms with Crippen LogP contribution in [-0.2, 0) is 23.8 Å². The average molecular weight is 392 g/mol. The molecule has 27 heavy (non-hydrogen) atoms. The average Bonchev–Trinajstić information content (AvgIpc) is 2.64. The summed E-state index contributed by atoms with van der Waals surface area (Å²) in [5.41, 5.74) is 0. The molecule has 0 aliphatic heterocycles. The number of methoxy groups -OCH3 is 1. The molecule has 2 amide bonds. The second-order valence-electron chi connectivity index (χ2n) is 5.74. The van der Waals surface area contributed by atoms with Crippen molar-refractivity contribution in [1.82, 2.24) is 9.80 Å². The van der Waals surface area contributed by atoms with Gasteiger partial charge < -0.3 is 19.3 Å². The van der Waals surface area contributed by atoms with Crippen molar-refractivity contribution in [1.29, 1.82) is 0 Å². The number of alkyl halides is 1. The van der Waals surface area contributed by atoms with E-state index >= 15 is 0 Å². The zero-order chi connectivity index (χ0) is 20.8. The van der Waals surface area contributed by atoms with Crippen molar-refractivity contribution in [3.63, 3.8) is 0 Å². The van der Waals surface area contributed by atoms with Crippen LogP contribution in [0.2, 0.25) is 0 Å². The zero-order valence-electron chi connectivity index (χ0n) is 16.2. The lowest BCUT2D eigenvalue weighted by Gasteiger charge is -2.33. The summed E-state index contributed by atoms with van der Waals surface area (Å²) in [5.74, 6) is -0.473. The summed E-state index contributed by atoms with van der Waals surface area (Å²) in [6, 6.07) is -0.762. The molecule has 0 saturated heterocycles. The Kier molecular flexibility index (Phi) is 13.0. The lowest BCUT2D eigenvalue weighted by atomic mass is 10.2. The summed E-state index contributed by atoms with van der Waals surface area (Å²) in [4.78, 5) is 36.5. The van der Waals surface area contributed by atoms with Gasteiger partial charge in [0.2, 0.25) is 0 Å². The Bertz CT molecular complexity index is 488. The van der Waals surface area contributed by atoms with E-state index in [-0.39, 0.29) is 19.8 Å². The normalized spacial score (nSPS) is 14.4. The number of aliphatic hydroxyl groups is 1. The third kappa shape index (κ3) is 9.45. The molecular formula is C17H29FN2O7. The number of allylic oxidation sites excluding steroid dienone is 1. The number of hydrogen-bond donors (Lipinski definition) is 1. The number of nitrogens with zero attached hydrogens (tertiary/aromatic N) is 2. The van der Waals surface area contributed by atoms with Crippen molar-refractivity contribution < 1.29 is 38.1 Å². The van der Waals surface area contributed by atoms with Crippen LogP contribution in [0, 0.1) is 0 Å². The van der Waals surface area contributed by atoms with Gasteiger partial charge in [-0.05, 0) is 19.4 Å². The number of aliphatic hydroxyl groups excluding tert-OH is 1. The predicted octanol–water partition coefficient (Wildman–Crippen LogP) is 1.06. The highest BCUT2D eigenvalue weighted by Gasteiger charge is 2.30. The fourth-order valence-electron chi connectivity index (χ4n) is 1.94. The van der Waals surface area contributed by atoms with E-state index in [1.807, 2.05) is 6.92 Å². The molecule has 0 aliphatic carbocycles. The van der Waals surface area contributed by atoms with Crippen LogP contribution in [0.3, 0.4) is 0 Å². The number of urea groups is 1. The van der Waals surface area contributed by atoms with Gasteiger partial charge >= 0.3 is 12.0 Å². The van der Waals surface area contributed by atoms with Gasteiger partial charge in [0.15, 0.2) is 13.0 Å². The van der Waals surface area contributed by atoms with Crippen molar-refractivity contribution in [2.24, 2.45) is 0 Å². The van der Waals surface area contributed by atoms with Crippen molar-refractivity contribution >= 4 is 18.3 Å². The third-order valence-corrected chi connectivity index (χ3v) is 3.39. The van der Waals surface area contributed by atoms with E-state index in [2.05, 4.69) is 0 Å². The van der Waals surface area contributed by atoms with E-state index in [1.54, 1.807) is 0 Å². The fourth-order valence-corrected chi connectivity index (χ4v) is 1.94. The molecule has 3 atom stereocenters. The van der Waals surface area contributed by atoms with Crippen molar-refractivity contribution in [3.8, 4) is 0 Å². The molecule has 0 aromatic heterocycles. The van der Waals surface area contributed by atoms with Crippen LogP contribution >= 0.6 is 0 Å². The molecule has 0 aromatic carbocycles. The Morgan fingerprint density at radius 3 is 2.48 bits per heavy atom. The van der Waals surface area contributed by atoms with Gasteiger partial charge in [-0.1, -0.05) is 6.92 Å². The highest BCUT2D eigenvalue weighted by molar-refractivity contribution is 5.77. The molecule has 0 heterocycles. The summed E-state index contributed by atoms with van der Waals surface area (Å²) in [7, 11) is 2.73. The summed E-state index contributed by atoms with van der Waals surface area (Å²) in [5, 5.41) is 9.72. The second-order valence-corrected chi connectivity index (χ2v) is 5.74. The van der Waals surface area contributed by atoms with E-state index in [0.717, 1.165) is 22.1 Å². The van der Waals surface area contributed by atoms with Crippen LogP contribution in [0.25, 0.3) is 0 Å². The van der Waals surface area contributed by atoms with Gasteiger partial charge in [0.05, 0.1) is 12.7 Å². The molecule has 1 N–H and O–H groups in total. The summed E-state index contributed by atoms with van der Waals surface area (Å²) < 4.78 is 28.9. The zero-order valence-corrected chi connectivity index (χ0v) is 16.2. The van der Waals surface area contributed by atoms with Gasteiger partial charge in [0.25, 0.3) is 0 Å². The van der Waals surface area contributed by atoms with Gasteiger partial charge in [-0.15, -0.1) is 0 Å². The Hall–Kier alpha value is -2.04. The van der Waals surface area contributed by atoms with Crippen molar-refractivity contribution in [3.05, 3.63) is 12.3 Å². The van der Waals surface area contributed by atoms with Gasteiger partial charge in [-0.2, -0.15) is 0 Å². The monoisotopic (exact) mass is 392 g/mol. The molecule has 0 radical (unpaired) electrons. The highest BCUT2D eigenvalue weighted by Crippen LogP contribution is 2.13. The van der Waals surface area contributed by atoms with Crippen molar-refractivity contribution in [2.45, 2.75) is 45.1 Å². The third-order valence-electron chi connectivity index (χ3n) is 3.39. The molecular weight excluding hydrogens is 363 g/mol. The summed E-state index contributed by atoms with van der Waals surface area (Å²) >= 11 is 0. The first kappa shape index (κ1) is 25.0. The minimum Gasteiger partial charge on any atom is -0.444 e. The molecule has 9 nitrogen and oxygen atoms in total. The number of carbonyl (C=O) groups excluding carboxylic acids is 3. The van der Waals surface area contributed by atoms with Gasteiger partial charge in [0, 0.05) is 26.8 Å². The number of amides is 2. The second kappa shape index (κ2) is 14.1. The molecule has 0 fully saturated rings. The molecule has 0 bridgehead atoms. The number of ether oxygens (including phenoxy) is 3. The van der Waals surface area contributed by atoms with Gasteiger partial charge in [-0.25, -0.2) is 9.18 Å². The SMILES string of the molecule is CCCC(=O)OCN(C)C(=O)N(/C=C\C=O)C(CF)OC(COC)[C@H](C)O. The quantitative estimate of drug-likeness (QED) is 0.216. The molecule has 0 rings (SSSR count). The Balaban J connectivity index is 5.23. The largest absolute Gasteiger partial charge is 0.444 e. The maximum absolute atomic E-state index is 13.6. The number of halogens is 1. The number of carbonyl (C=O) groups is 3. The standard InChI is InChI=1S/C17H29FN2O7/c1-5-7-16(23)26-12-19(3)17(24)20(8-6-9-21)15(10-18)27-14(11-25-4)13(2)22/h6,8-9,13-15,22H,5,7,10-12H2,1-4H3/b8-6-/t13-,14?,15?/m0/s1. The van der Waals surface area contributed by atoms with Crippen LogP contribution in [-0.4, -0.2) is 85.8 Å². The van der Waals surface area contributed by atoms with E-state index in [0.29, 0.717) is 12.7 Å². The highest BCUT2D eigenvalue weighted by atomic mass is 19.1. The van der Waals surface area contributed by atoms with Gasteiger partial charge in [0.1, 0.15) is 19.1 Å². The van der Waals surface area contributed by atoms with Crippen molar-refractivity contribution in [2.75, 3.05) is 34.2 Å². The minimum absolute atomic E-state index is 0.0297. The Labute approximate surface area is 158 Å². The maximum atomic E-state index is 13.6. The molecule has 2 unspecified atom stereocenters. The van der Waals surface area contributed by atoms with Crippen LogP contribution < -0.4 is 0 Å². The molecule has 0 saturated carbocycles. The van der Waals surface area contributed by atoms with Crippen LogP contribution in [0.15, 0.2) is 12.3 Å². The van der Waals surface area contributed by atoms with E-state index in [4.69, 9.17) is 14.2 Å². The number of aldehydes is 1. The topological polar surface area (TPSA) is 106 Å². The molecule has 0 aromatic rings. The predicted molar refractivity (Wildman–Crippen MR) is 94.3 cm³/mol. The first-order chi connectivity index (χ1) is 12.8. The molecule has 0 spiro atoms. The lowest BCUT2D eigenvalue weighted by molar-refractivity contribution is -0.148. The number of esters is 1. The van der Waals surface area contributed by atoms with Crippen LogP contribution in [0.5, 0.6) is 0 Å². The molecule has 156 valence electrons.